The van der Waals surface area contributed by atoms with Crippen LogP contribution in [0.2, 0.25) is 0 Å². The molecule has 0 fully saturated rings. The molecule has 1 aromatic heterocycles. The second-order valence-corrected chi connectivity index (χ2v) is 4.10. The maximum atomic E-state index is 12.0. The number of carbonyl (C=O) groups is 1. The van der Waals surface area contributed by atoms with Gasteiger partial charge in [-0.2, -0.15) is 0 Å². The summed E-state index contributed by atoms with van der Waals surface area (Å²) in [6.45, 7) is 3.83. The van der Waals surface area contributed by atoms with Crippen LogP contribution in [0.3, 0.4) is 0 Å². The van der Waals surface area contributed by atoms with E-state index in [9.17, 15) is 4.79 Å². The van der Waals surface area contributed by atoms with Crippen molar-refractivity contribution in [2.24, 2.45) is 0 Å². The Balaban J connectivity index is 2.27. The van der Waals surface area contributed by atoms with Gasteiger partial charge in [-0.15, -0.1) is 11.3 Å². The topological polar surface area (TPSA) is 17.1 Å². The van der Waals surface area contributed by atoms with Crippen molar-refractivity contribution in [1.29, 1.82) is 0 Å². The number of ketones is 1. The summed E-state index contributed by atoms with van der Waals surface area (Å²) in [5.41, 5.74) is 1.26. The number of carbonyl (C=O) groups excluding carboxylic acids is 1. The molecule has 2 aromatic rings. The van der Waals surface area contributed by atoms with Crippen LogP contribution in [0.1, 0.15) is 15.2 Å². The lowest BCUT2D eigenvalue weighted by molar-refractivity contribution is 0.105. The number of allylic oxidation sites excluding steroid dienone is 1. The zero-order valence-electron chi connectivity index (χ0n) is 8.14. The standard InChI is InChI=1S/C13H10OS/c1-10(12-8-5-9-15-12)13(14)11-6-3-2-4-7-11/h2-9H,1H2. The van der Waals surface area contributed by atoms with Crippen LogP contribution >= 0.6 is 11.3 Å². The van der Waals surface area contributed by atoms with Crippen LogP contribution < -0.4 is 0 Å². The fraction of sp³-hybridized carbons (Fsp3) is 0. The van der Waals surface area contributed by atoms with E-state index in [4.69, 9.17) is 0 Å². The van der Waals surface area contributed by atoms with Gasteiger partial charge in [0.25, 0.3) is 0 Å². The second-order valence-electron chi connectivity index (χ2n) is 3.15. The Bertz CT molecular complexity index is 469. The molecule has 1 nitrogen and oxygen atoms in total. The summed E-state index contributed by atoms with van der Waals surface area (Å²) in [5, 5.41) is 1.94. The molecule has 0 amide bonds. The van der Waals surface area contributed by atoms with E-state index in [2.05, 4.69) is 6.58 Å². The summed E-state index contributed by atoms with van der Waals surface area (Å²) >= 11 is 1.53. The minimum Gasteiger partial charge on any atom is -0.289 e. The predicted octanol–water partition coefficient (Wildman–Crippen LogP) is 3.64. The van der Waals surface area contributed by atoms with Crippen LogP contribution in [-0.2, 0) is 0 Å². The Morgan fingerprint density at radius 1 is 1.07 bits per heavy atom. The highest BCUT2D eigenvalue weighted by molar-refractivity contribution is 7.11. The summed E-state index contributed by atoms with van der Waals surface area (Å²) in [4.78, 5) is 12.9. The summed E-state index contributed by atoms with van der Waals surface area (Å²) in [6.07, 6.45) is 0. The summed E-state index contributed by atoms with van der Waals surface area (Å²) in [6, 6.07) is 13.0. The Hall–Kier alpha value is -1.67. The fourth-order valence-corrected chi connectivity index (χ4v) is 2.02. The van der Waals surface area contributed by atoms with Gasteiger partial charge in [0.15, 0.2) is 5.78 Å². The minimum atomic E-state index is -0.00181. The zero-order chi connectivity index (χ0) is 10.7. The van der Waals surface area contributed by atoms with E-state index < -0.39 is 0 Å². The van der Waals surface area contributed by atoms with E-state index in [1.54, 1.807) is 12.1 Å². The molecule has 1 aromatic carbocycles. The maximum Gasteiger partial charge on any atom is 0.193 e. The van der Waals surface area contributed by atoms with Crippen LogP contribution in [0.5, 0.6) is 0 Å². The van der Waals surface area contributed by atoms with E-state index in [0.717, 1.165) is 4.88 Å². The van der Waals surface area contributed by atoms with Crippen LogP contribution in [0.25, 0.3) is 5.57 Å². The molecule has 0 unspecified atom stereocenters. The smallest absolute Gasteiger partial charge is 0.193 e. The van der Waals surface area contributed by atoms with Gasteiger partial charge >= 0.3 is 0 Å². The minimum absolute atomic E-state index is 0.00181. The first-order valence-corrected chi connectivity index (χ1v) is 5.49. The third-order valence-electron chi connectivity index (χ3n) is 2.13. The van der Waals surface area contributed by atoms with Gasteiger partial charge in [0.2, 0.25) is 0 Å². The largest absolute Gasteiger partial charge is 0.289 e. The van der Waals surface area contributed by atoms with E-state index in [-0.39, 0.29) is 5.78 Å². The average Bonchev–Trinajstić information content (AvgIpc) is 2.82. The Labute approximate surface area is 92.7 Å². The van der Waals surface area contributed by atoms with Gasteiger partial charge in [0.05, 0.1) is 0 Å². The molecule has 0 N–H and O–H groups in total. The van der Waals surface area contributed by atoms with Crippen molar-refractivity contribution < 1.29 is 4.79 Å². The van der Waals surface area contributed by atoms with Crippen molar-refractivity contribution in [1.82, 2.24) is 0 Å². The van der Waals surface area contributed by atoms with Crippen molar-refractivity contribution in [3.05, 3.63) is 64.9 Å². The zero-order valence-corrected chi connectivity index (χ0v) is 8.96. The normalized spacial score (nSPS) is 9.87. The number of rotatable bonds is 3. The molecule has 0 bridgehead atoms. The molecule has 74 valence electrons. The van der Waals surface area contributed by atoms with Crippen molar-refractivity contribution in [2.45, 2.75) is 0 Å². The quantitative estimate of drug-likeness (QED) is 0.563. The van der Waals surface area contributed by atoms with Gasteiger partial charge < -0.3 is 0 Å². The first-order valence-electron chi connectivity index (χ1n) is 4.61. The Morgan fingerprint density at radius 3 is 2.40 bits per heavy atom. The highest BCUT2D eigenvalue weighted by Gasteiger charge is 2.11. The fourth-order valence-electron chi connectivity index (χ4n) is 1.33. The number of hydrogen-bond acceptors (Lipinski definition) is 2. The van der Waals surface area contributed by atoms with Crippen LogP contribution in [0.15, 0.2) is 54.4 Å². The Morgan fingerprint density at radius 2 is 1.80 bits per heavy atom. The van der Waals surface area contributed by atoms with Gasteiger partial charge in [-0.25, -0.2) is 0 Å². The summed E-state index contributed by atoms with van der Waals surface area (Å²) in [7, 11) is 0. The molecule has 0 radical (unpaired) electrons. The number of thiophene rings is 1. The van der Waals surface area contributed by atoms with Crippen LogP contribution in [0.4, 0.5) is 0 Å². The molecule has 0 aliphatic rings. The van der Waals surface area contributed by atoms with Crippen LogP contribution in [0, 0.1) is 0 Å². The molecule has 15 heavy (non-hydrogen) atoms. The highest BCUT2D eigenvalue weighted by atomic mass is 32.1. The van der Waals surface area contributed by atoms with Crippen molar-refractivity contribution >= 4 is 22.7 Å². The van der Waals surface area contributed by atoms with Crippen molar-refractivity contribution in [3.8, 4) is 0 Å². The summed E-state index contributed by atoms with van der Waals surface area (Å²) in [5.74, 6) is -0.00181. The van der Waals surface area contributed by atoms with Gasteiger partial charge in [-0.1, -0.05) is 43.0 Å². The molecule has 1 heterocycles. The maximum absolute atomic E-state index is 12.0. The van der Waals surface area contributed by atoms with Crippen molar-refractivity contribution in [3.63, 3.8) is 0 Å². The molecule has 0 saturated heterocycles. The lowest BCUT2D eigenvalue weighted by Crippen LogP contribution is -1.99. The van der Waals surface area contributed by atoms with E-state index in [1.807, 2.05) is 35.7 Å². The van der Waals surface area contributed by atoms with Crippen molar-refractivity contribution in [2.75, 3.05) is 0 Å². The lowest BCUT2D eigenvalue weighted by atomic mass is 10.0. The monoisotopic (exact) mass is 214 g/mol. The number of Topliss-reactive ketones (excluding diaryl/α,β-unsaturated/α-hetero) is 1. The molecule has 0 aliphatic carbocycles. The molecule has 0 atom stereocenters. The van der Waals surface area contributed by atoms with Crippen LogP contribution in [-0.4, -0.2) is 5.78 Å². The average molecular weight is 214 g/mol. The summed E-state index contributed by atoms with van der Waals surface area (Å²) < 4.78 is 0. The van der Waals surface area contributed by atoms with Gasteiger partial charge in [0, 0.05) is 16.0 Å². The molecule has 0 spiro atoms. The Kier molecular flexibility index (Phi) is 2.79. The first-order chi connectivity index (χ1) is 7.29. The highest BCUT2D eigenvalue weighted by Crippen LogP contribution is 2.22. The number of benzene rings is 1. The van der Waals surface area contributed by atoms with E-state index in [0.29, 0.717) is 11.1 Å². The SMILES string of the molecule is C=C(C(=O)c1ccccc1)c1cccs1. The lowest BCUT2D eigenvalue weighted by Gasteiger charge is -2.01. The molecule has 0 aliphatic heterocycles. The van der Waals surface area contributed by atoms with Gasteiger partial charge in [-0.3, -0.25) is 4.79 Å². The second kappa shape index (κ2) is 4.24. The van der Waals surface area contributed by atoms with Gasteiger partial charge in [-0.05, 0) is 11.4 Å². The van der Waals surface area contributed by atoms with E-state index >= 15 is 0 Å². The number of hydrogen-bond donors (Lipinski definition) is 0. The third-order valence-corrected chi connectivity index (χ3v) is 3.06. The predicted molar refractivity (Wildman–Crippen MR) is 64.1 cm³/mol. The van der Waals surface area contributed by atoms with Gasteiger partial charge in [0.1, 0.15) is 0 Å². The van der Waals surface area contributed by atoms with E-state index in [1.165, 1.54) is 11.3 Å². The molecular weight excluding hydrogens is 204 g/mol. The first kappa shape index (κ1) is 9.87. The third kappa shape index (κ3) is 2.05. The molecule has 2 heteroatoms. The molecule has 2 rings (SSSR count). The molecular formula is C13H10OS. The molecule has 0 saturated carbocycles.